The Kier molecular flexibility index (Phi) is 5.20. The van der Waals surface area contributed by atoms with E-state index >= 15 is 0 Å². The number of barbiturate groups is 1. The molecule has 0 unspecified atom stereocenters. The van der Waals surface area contributed by atoms with Crippen LogP contribution in [-0.4, -0.2) is 30.9 Å². The van der Waals surface area contributed by atoms with E-state index in [1.807, 2.05) is 25.1 Å². The van der Waals surface area contributed by atoms with Crippen molar-refractivity contribution >= 4 is 35.5 Å². The number of benzene rings is 1. The minimum absolute atomic E-state index is 0.135. The van der Waals surface area contributed by atoms with Crippen molar-refractivity contribution in [3.8, 4) is 0 Å². The monoisotopic (exact) mass is 393 g/mol. The predicted octanol–water partition coefficient (Wildman–Crippen LogP) is 3.50. The van der Waals surface area contributed by atoms with Gasteiger partial charge in [-0.1, -0.05) is 19.1 Å². The van der Waals surface area contributed by atoms with Gasteiger partial charge in [0.25, 0.3) is 11.8 Å². The lowest BCUT2D eigenvalue weighted by Crippen LogP contribution is -2.54. The number of aryl methyl sites for hydroxylation is 1. The summed E-state index contributed by atoms with van der Waals surface area (Å²) in [6.45, 7) is 3.88. The zero-order chi connectivity index (χ0) is 20.4. The van der Waals surface area contributed by atoms with Gasteiger partial charge in [0, 0.05) is 19.2 Å². The van der Waals surface area contributed by atoms with Crippen LogP contribution in [0.1, 0.15) is 37.5 Å². The van der Waals surface area contributed by atoms with Gasteiger partial charge >= 0.3 is 6.03 Å². The molecule has 1 aromatic heterocycles. The van der Waals surface area contributed by atoms with E-state index in [2.05, 4.69) is 10.2 Å². The maximum Gasteiger partial charge on any atom is 0.335 e. The molecule has 0 aliphatic carbocycles. The number of rotatable bonds is 4. The number of anilines is 2. The zero-order valence-corrected chi connectivity index (χ0v) is 16.3. The first-order valence-corrected chi connectivity index (χ1v) is 9.92. The zero-order valence-electron chi connectivity index (χ0n) is 16.3. The van der Waals surface area contributed by atoms with E-state index < -0.39 is 17.8 Å². The van der Waals surface area contributed by atoms with Gasteiger partial charge in [0.1, 0.15) is 11.3 Å². The summed E-state index contributed by atoms with van der Waals surface area (Å²) in [6, 6.07) is 9.93. The molecule has 0 atom stereocenters. The third kappa shape index (κ3) is 3.81. The lowest BCUT2D eigenvalue weighted by Gasteiger charge is -2.26. The summed E-state index contributed by atoms with van der Waals surface area (Å²) in [5.74, 6) is -0.265. The fourth-order valence-electron chi connectivity index (χ4n) is 3.62. The molecule has 3 heterocycles. The summed E-state index contributed by atoms with van der Waals surface area (Å²) in [5, 5.41) is 2.23. The van der Waals surface area contributed by atoms with Gasteiger partial charge in [-0.25, -0.2) is 9.69 Å². The highest BCUT2D eigenvalue weighted by molar-refractivity contribution is 6.39. The lowest BCUT2D eigenvalue weighted by molar-refractivity contribution is -0.122. The van der Waals surface area contributed by atoms with Crippen LogP contribution in [0.25, 0.3) is 6.08 Å². The Balaban J connectivity index is 1.60. The molecule has 0 spiro atoms. The van der Waals surface area contributed by atoms with Crippen LogP contribution in [-0.2, 0) is 16.0 Å². The maximum absolute atomic E-state index is 12.9. The van der Waals surface area contributed by atoms with E-state index in [9.17, 15) is 14.4 Å². The number of nitrogens with one attached hydrogen (secondary N) is 1. The number of urea groups is 1. The Bertz CT molecular complexity index is 968. The fourth-order valence-corrected chi connectivity index (χ4v) is 3.62. The van der Waals surface area contributed by atoms with Crippen LogP contribution < -0.4 is 15.1 Å². The van der Waals surface area contributed by atoms with E-state index in [1.54, 1.807) is 18.2 Å². The van der Waals surface area contributed by atoms with Crippen molar-refractivity contribution in [3.63, 3.8) is 0 Å². The molecule has 2 saturated heterocycles. The molecule has 7 heteroatoms. The summed E-state index contributed by atoms with van der Waals surface area (Å²) in [4.78, 5) is 40.7. The molecule has 150 valence electrons. The summed E-state index contributed by atoms with van der Waals surface area (Å²) in [7, 11) is 0. The SMILES string of the molecule is CCc1ccc(N2C(=O)NC(=O)/C(=C/c3ccc(N4CCCCC4)o3)C2=O)cc1. The molecule has 0 bridgehead atoms. The van der Waals surface area contributed by atoms with Crippen LogP contribution in [0.4, 0.5) is 16.4 Å². The molecule has 4 rings (SSSR count). The molecule has 2 fully saturated rings. The Morgan fingerprint density at radius 2 is 1.72 bits per heavy atom. The van der Waals surface area contributed by atoms with Crippen molar-refractivity contribution in [2.45, 2.75) is 32.6 Å². The number of imide groups is 2. The van der Waals surface area contributed by atoms with Gasteiger partial charge in [-0.05, 0) is 55.5 Å². The number of piperidine rings is 1. The Hall–Kier alpha value is -3.35. The number of hydrogen-bond donors (Lipinski definition) is 1. The van der Waals surface area contributed by atoms with Gasteiger partial charge in [-0.2, -0.15) is 0 Å². The van der Waals surface area contributed by atoms with Gasteiger partial charge in [-0.15, -0.1) is 0 Å². The minimum atomic E-state index is -0.755. The van der Waals surface area contributed by atoms with Crippen LogP contribution in [0, 0.1) is 0 Å². The number of hydrogen-bond acceptors (Lipinski definition) is 5. The highest BCUT2D eigenvalue weighted by atomic mass is 16.4. The summed E-state index contributed by atoms with van der Waals surface area (Å²) < 4.78 is 5.83. The molecule has 1 N–H and O–H groups in total. The first-order valence-electron chi connectivity index (χ1n) is 9.92. The number of carbonyl (C=O) groups excluding carboxylic acids is 3. The molecular formula is C22H23N3O4. The maximum atomic E-state index is 12.9. The van der Waals surface area contributed by atoms with Crippen LogP contribution >= 0.6 is 0 Å². The van der Waals surface area contributed by atoms with Crippen molar-refractivity contribution in [2.24, 2.45) is 0 Å². The Labute approximate surface area is 169 Å². The molecule has 29 heavy (non-hydrogen) atoms. The minimum Gasteiger partial charge on any atom is -0.441 e. The molecule has 0 radical (unpaired) electrons. The normalized spacial score (nSPS) is 19.1. The highest BCUT2D eigenvalue weighted by Gasteiger charge is 2.37. The van der Waals surface area contributed by atoms with Crippen LogP contribution in [0.2, 0.25) is 0 Å². The van der Waals surface area contributed by atoms with E-state index in [0.29, 0.717) is 11.4 Å². The van der Waals surface area contributed by atoms with Crippen LogP contribution in [0.15, 0.2) is 46.4 Å². The highest BCUT2D eigenvalue weighted by Crippen LogP contribution is 2.26. The molecule has 1 aromatic carbocycles. The second-order valence-electron chi connectivity index (χ2n) is 7.20. The van der Waals surface area contributed by atoms with E-state index in [-0.39, 0.29) is 5.57 Å². The molecule has 7 nitrogen and oxygen atoms in total. The van der Waals surface area contributed by atoms with E-state index in [0.717, 1.165) is 48.7 Å². The molecule has 0 saturated carbocycles. The Morgan fingerprint density at radius 1 is 1.00 bits per heavy atom. The molecule has 4 amide bonds. The lowest BCUT2D eigenvalue weighted by atomic mass is 10.1. The average Bonchev–Trinajstić information content (AvgIpc) is 3.21. The van der Waals surface area contributed by atoms with Gasteiger partial charge in [0.05, 0.1) is 5.69 Å². The third-order valence-corrected chi connectivity index (χ3v) is 5.27. The largest absolute Gasteiger partial charge is 0.441 e. The van der Waals surface area contributed by atoms with Crippen LogP contribution in [0.5, 0.6) is 0 Å². The van der Waals surface area contributed by atoms with Gasteiger partial charge in [0.15, 0.2) is 5.88 Å². The van der Waals surface area contributed by atoms with Crippen LogP contribution in [0.3, 0.4) is 0 Å². The van der Waals surface area contributed by atoms with Crippen molar-refractivity contribution in [3.05, 3.63) is 53.3 Å². The van der Waals surface area contributed by atoms with Crippen molar-refractivity contribution in [1.82, 2.24) is 5.32 Å². The number of furan rings is 1. The van der Waals surface area contributed by atoms with E-state index in [1.165, 1.54) is 12.5 Å². The third-order valence-electron chi connectivity index (χ3n) is 5.27. The summed E-state index contributed by atoms with van der Waals surface area (Å²) in [5.41, 5.74) is 1.37. The summed E-state index contributed by atoms with van der Waals surface area (Å²) in [6.07, 6.45) is 5.69. The molecule has 2 aliphatic heterocycles. The quantitative estimate of drug-likeness (QED) is 0.635. The second kappa shape index (κ2) is 7.95. The first-order chi connectivity index (χ1) is 14.1. The van der Waals surface area contributed by atoms with Crippen molar-refractivity contribution in [2.75, 3.05) is 22.9 Å². The first kappa shape index (κ1) is 19.0. The standard InChI is InChI=1S/C22H23N3O4/c1-2-15-6-8-16(9-7-15)25-21(27)18(20(26)23-22(25)28)14-17-10-11-19(29-17)24-12-4-3-5-13-24/h6-11,14H,2-5,12-13H2,1H3,(H,23,26,28)/b18-14-. The van der Waals surface area contributed by atoms with Crippen molar-refractivity contribution < 1.29 is 18.8 Å². The molecule has 2 aliphatic rings. The molecular weight excluding hydrogens is 370 g/mol. The predicted molar refractivity (Wildman–Crippen MR) is 110 cm³/mol. The Morgan fingerprint density at radius 3 is 2.41 bits per heavy atom. The van der Waals surface area contributed by atoms with Gasteiger partial charge < -0.3 is 9.32 Å². The number of amides is 4. The summed E-state index contributed by atoms with van der Waals surface area (Å²) >= 11 is 0. The van der Waals surface area contributed by atoms with Crippen molar-refractivity contribution in [1.29, 1.82) is 0 Å². The smallest absolute Gasteiger partial charge is 0.335 e. The average molecular weight is 393 g/mol. The fraction of sp³-hybridized carbons (Fsp3) is 0.318. The second-order valence-corrected chi connectivity index (χ2v) is 7.20. The van der Waals surface area contributed by atoms with Gasteiger partial charge in [0.2, 0.25) is 0 Å². The van der Waals surface area contributed by atoms with Gasteiger partial charge in [-0.3, -0.25) is 14.9 Å². The topological polar surface area (TPSA) is 82.9 Å². The number of carbonyl (C=O) groups is 3. The number of nitrogens with zero attached hydrogens (tertiary/aromatic N) is 2. The van der Waals surface area contributed by atoms with E-state index in [4.69, 9.17) is 4.42 Å². The molecule has 2 aromatic rings.